The fourth-order valence-electron chi connectivity index (χ4n) is 0.811. The maximum absolute atomic E-state index is 5.85. The van der Waals surface area contributed by atoms with E-state index in [1.165, 1.54) is 0 Å². The van der Waals surface area contributed by atoms with Crippen LogP contribution >= 0.6 is 55.1 Å². The smallest absolute Gasteiger partial charge is 0.0872 e. The van der Waals surface area contributed by atoms with Crippen molar-refractivity contribution in [1.29, 1.82) is 0 Å². The molecule has 1 aromatic rings. The third-order valence-electron chi connectivity index (χ3n) is 1.38. The zero-order valence-corrected chi connectivity index (χ0v) is 10.7. The summed E-state index contributed by atoms with van der Waals surface area (Å²) in [6, 6.07) is 9.74. The van der Waals surface area contributed by atoms with Gasteiger partial charge in [-0.2, -0.15) is 0 Å². The van der Waals surface area contributed by atoms with E-state index in [0.29, 0.717) is 0 Å². The van der Waals surface area contributed by atoms with Crippen molar-refractivity contribution < 1.29 is 0 Å². The normalized spacial score (nSPS) is 14.3. The number of halogens is 4. The summed E-state index contributed by atoms with van der Waals surface area (Å²) in [5.74, 6) is 0. The average molecular weight is 333 g/mol. The highest BCUT2D eigenvalue weighted by atomic mass is 79.9. The van der Waals surface area contributed by atoms with Crippen LogP contribution in [0.15, 0.2) is 30.3 Å². The molecule has 0 aliphatic rings. The molecule has 0 nitrogen and oxygen atoms in total. The fraction of sp³-hybridized carbons (Fsp3) is 0.250. The minimum Gasteiger partial charge on any atom is -0.0872 e. The van der Waals surface area contributed by atoms with Crippen LogP contribution in [0.4, 0.5) is 0 Å². The van der Waals surface area contributed by atoms with E-state index in [2.05, 4.69) is 31.9 Å². The summed E-state index contributed by atoms with van der Waals surface area (Å²) in [6.45, 7) is 0. The van der Waals surface area contributed by atoms with Crippen molar-refractivity contribution in [2.45, 2.75) is 8.07 Å². The molecule has 0 heterocycles. The van der Waals surface area contributed by atoms with E-state index in [9.17, 15) is 0 Å². The minimum absolute atomic E-state index is 0.116. The third-order valence-corrected chi connectivity index (χ3v) is 4.63. The topological polar surface area (TPSA) is 0 Å². The zero-order chi connectivity index (χ0) is 9.19. The minimum atomic E-state index is -0.964. The van der Waals surface area contributed by atoms with Gasteiger partial charge in [-0.25, -0.2) is 0 Å². The Kier molecular flexibility index (Phi) is 3.90. The van der Waals surface area contributed by atoms with Gasteiger partial charge in [0.2, 0.25) is 0 Å². The van der Waals surface area contributed by atoms with E-state index in [0.717, 1.165) is 5.56 Å². The van der Waals surface area contributed by atoms with E-state index in [-0.39, 0.29) is 4.83 Å². The molecule has 1 atom stereocenters. The van der Waals surface area contributed by atoms with Gasteiger partial charge in [-0.15, -0.1) is 0 Å². The molecule has 4 heteroatoms. The lowest BCUT2D eigenvalue weighted by atomic mass is 10.2. The van der Waals surface area contributed by atoms with Crippen molar-refractivity contribution in [1.82, 2.24) is 0 Å². The molecular formula is C8H6Br2Cl2. The highest BCUT2D eigenvalue weighted by Crippen LogP contribution is 2.46. The Balaban J connectivity index is 2.86. The monoisotopic (exact) mass is 330 g/mol. The summed E-state index contributed by atoms with van der Waals surface area (Å²) in [6.07, 6.45) is 0. The van der Waals surface area contributed by atoms with Crippen LogP contribution in [-0.4, -0.2) is 3.24 Å². The highest BCUT2D eigenvalue weighted by molar-refractivity contribution is 9.13. The summed E-state index contributed by atoms with van der Waals surface area (Å²) in [4.78, 5) is -0.116. The van der Waals surface area contributed by atoms with Crippen molar-refractivity contribution in [3.8, 4) is 0 Å². The van der Waals surface area contributed by atoms with Crippen molar-refractivity contribution in [2.24, 2.45) is 0 Å². The number of rotatable bonds is 2. The van der Waals surface area contributed by atoms with E-state index in [1.54, 1.807) is 0 Å². The van der Waals surface area contributed by atoms with Crippen LogP contribution in [0.2, 0.25) is 0 Å². The first-order valence-electron chi connectivity index (χ1n) is 3.27. The number of hydrogen-bond acceptors (Lipinski definition) is 0. The van der Waals surface area contributed by atoms with Crippen LogP contribution in [-0.2, 0) is 0 Å². The summed E-state index contributed by atoms with van der Waals surface area (Å²) in [7, 11) is 0. The van der Waals surface area contributed by atoms with Crippen LogP contribution in [0.1, 0.15) is 10.4 Å². The Labute approximate surface area is 98.5 Å². The second-order valence-electron chi connectivity index (χ2n) is 2.31. The molecule has 66 valence electrons. The van der Waals surface area contributed by atoms with Crippen LogP contribution in [0, 0.1) is 0 Å². The predicted octanol–water partition coefficient (Wildman–Crippen LogP) is 4.65. The molecule has 0 saturated carbocycles. The summed E-state index contributed by atoms with van der Waals surface area (Å²) < 4.78 is -0.964. The van der Waals surface area contributed by atoms with E-state index in [1.807, 2.05) is 30.3 Å². The molecule has 0 radical (unpaired) electrons. The Morgan fingerprint density at radius 3 is 2.08 bits per heavy atom. The third kappa shape index (κ3) is 2.91. The maximum Gasteiger partial charge on any atom is 0.188 e. The Hall–Kier alpha value is 0.760. The zero-order valence-electron chi connectivity index (χ0n) is 5.98. The molecule has 12 heavy (non-hydrogen) atoms. The van der Waals surface area contributed by atoms with Gasteiger partial charge in [0.15, 0.2) is 3.24 Å². The molecule has 1 rings (SSSR count). The number of alkyl halides is 4. The van der Waals surface area contributed by atoms with Gasteiger partial charge < -0.3 is 0 Å². The lowest BCUT2D eigenvalue weighted by Crippen LogP contribution is -2.09. The van der Waals surface area contributed by atoms with E-state index >= 15 is 0 Å². The summed E-state index contributed by atoms with van der Waals surface area (Å²) in [5.41, 5.74) is 1.04. The van der Waals surface area contributed by atoms with Gasteiger partial charge in [0, 0.05) is 0 Å². The van der Waals surface area contributed by atoms with Gasteiger partial charge in [-0.1, -0.05) is 69.5 Å². The average Bonchev–Trinajstić information content (AvgIpc) is 2.03. The summed E-state index contributed by atoms with van der Waals surface area (Å²) in [5, 5.41) is 0. The SMILES string of the molecule is ClC(Cl)(Br)C(Br)c1ccccc1. The van der Waals surface area contributed by atoms with E-state index in [4.69, 9.17) is 23.2 Å². The highest BCUT2D eigenvalue weighted by Gasteiger charge is 2.30. The van der Waals surface area contributed by atoms with E-state index < -0.39 is 3.24 Å². The van der Waals surface area contributed by atoms with Gasteiger partial charge in [0.25, 0.3) is 0 Å². The van der Waals surface area contributed by atoms with Crippen molar-refractivity contribution in [2.75, 3.05) is 0 Å². The van der Waals surface area contributed by atoms with Crippen molar-refractivity contribution >= 4 is 55.1 Å². The van der Waals surface area contributed by atoms with Gasteiger partial charge in [-0.05, 0) is 21.5 Å². The molecule has 0 amide bonds. The summed E-state index contributed by atoms with van der Waals surface area (Å²) >= 11 is 18.3. The van der Waals surface area contributed by atoms with Gasteiger partial charge in [0.1, 0.15) is 0 Å². The molecule has 1 unspecified atom stereocenters. The first-order chi connectivity index (χ1) is 5.52. The molecule has 0 aliphatic carbocycles. The molecule has 0 aliphatic heterocycles. The van der Waals surface area contributed by atoms with Gasteiger partial charge >= 0.3 is 0 Å². The molecule has 0 saturated heterocycles. The Morgan fingerprint density at radius 2 is 1.67 bits per heavy atom. The Morgan fingerprint density at radius 1 is 1.17 bits per heavy atom. The van der Waals surface area contributed by atoms with Crippen LogP contribution in [0.3, 0.4) is 0 Å². The van der Waals surface area contributed by atoms with Crippen molar-refractivity contribution in [3.05, 3.63) is 35.9 Å². The maximum atomic E-state index is 5.85. The number of hydrogen-bond donors (Lipinski definition) is 0. The second kappa shape index (κ2) is 4.32. The standard InChI is InChI=1S/C8H6Br2Cl2/c9-7(8(10,11)12)6-4-2-1-3-5-6/h1-5,7H. The molecule has 0 fully saturated rings. The lowest BCUT2D eigenvalue weighted by molar-refractivity contribution is 1.03. The van der Waals surface area contributed by atoms with Gasteiger partial charge in [0.05, 0.1) is 4.83 Å². The molecule has 1 aromatic carbocycles. The van der Waals surface area contributed by atoms with Crippen molar-refractivity contribution in [3.63, 3.8) is 0 Å². The Bertz CT molecular complexity index is 243. The quantitative estimate of drug-likeness (QED) is 0.692. The lowest BCUT2D eigenvalue weighted by Gasteiger charge is -2.18. The van der Waals surface area contributed by atoms with Gasteiger partial charge in [-0.3, -0.25) is 0 Å². The second-order valence-corrected chi connectivity index (χ2v) is 6.78. The molecule has 0 spiro atoms. The first kappa shape index (κ1) is 10.8. The molecular weight excluding hydrogens is 327 g/mol. The van der Waals surface area contributed by atoms with Crippen LogP contribution in [0.25, 0.3) is 0 Å². The molecule has 0 N–H and O–H groups in total. The first-order valence-corrected chi connectivity index (χ1v) is 5.74. The predicted molar refractivity (Wildman–Crippen MR) is 61.5 cm³/mol. The fourth-order valence-corrected chi connectivity index (χ4v) is 1.63. The molecule has 0 aromatic heterocycles. The number of benzene rings is 1. The largest absolute Gasteiger partial charge is 0.188 e. The molecule has 0 bridgehead atoms. The van der Waals surface area contributed by atoms with Crippen LogP contribution in [0.5, 0.6) is 0 Å². The van der Waals surface area contributed by atoms with Crippen LogP contribution < -0.4 is 0 Å².